The van der Waals surface area contributed by atoms with E-state index in [4.69, 9.17) is 30.7 Å². The Morgan fingerprint density at radius 3 is 2.33 bits per heavy atom. The molecule has 0 fully saturated rings. The predicted molar refractivity (Wildman–Crippen MR) is 127 cm³/mol. The third-order valence-corrected chi connectivity index (χ3v) is 5.33. The maximum atomic E-state index is 12.1. The van der Waals surface area contributed by atoms with E-state index in [-0.39, 0.29) is 16.6 Å². The first-order valence-electron chi connectivity index (χ1n) is 9.35. The molecule has 0 aliphatic heterocycles. The number of hydrogen-bond acceptors (Lipinski definition) is 8. The van der Waals surface area contributed by atoms with Crippen LogP contribution in [0.15, 0.2) is 75.7 Å². The SMILES string of the molecule is C=C(N)NCCN=C(N)N.Cc1cc(OS(=O)c2ccccc2)cc(S(=O)OCC(=O)O)c1. The third-order valence-electron chi connectivity index (χ3n) is 3.37. The van der Waals surface area contributed by atoms with E-state index in [1.54, 1.807) is 49.4 Å². The fraction of sp³-hybridized carbons (Fsp3) is 0.200. The van der Waals surface area contributed by atoms with Gasteiger partial charge in [-0.05, 0) is 36.8 Å². The lowest BCUT2D eigenvalue weighted by Crippen LogP contribution is -2.26. The number of nitrogens with two attached hydrogens (primary N) is 3. The van der Waals surface area contributed by atoms with Crippen LogP contribution in [0.5, 0.6) is 5.75 Å². The monoisotopic (exact) mass is 497 g/mol. The molecule has 33 heavy (non-hydrogen) atoms. The fourth-order valence-corrected chi connectivity index (χ4v) is 3.68. The topological polar surface area (TPSA) is 192 Å². The minimum Gasteiger partial charge on any atom is -0.479 e. The molecule has 0 saturated carbocycles. The highest BCUT2D eigenvalue weighted by molar-refractivity contribution is 7.80. The first-order chi connectivity index (χ1) is 15.6. The summed E-state index contributed by atoms with van der Waals surface area (Å²) in [5.41, 5.74) is 16.0. The molecule has 2 rings (SSSR count). The number of nitrogens with zero attached hydrogens (tertiary/aromatic N) is 1. The second-order valence-electron chi connectivity index (χ2n) is 6.26. The van der Waals surface area contributed by atoms with E-state index >= 15 is 0 Å². The first kappa shape index (κ1) is 27.6. The van der Waals surface area contributed by atoms with Gasteiger partial charge in [-0.1, -0.05) is 24.8 Å². The van der Waals surface area contributed by atoms with Crippen molar-refractivity contribution in [2.75, 3.05) is 19.7 Å². The number of hydrogen-bond donors (Lipinski definition) is 5. The number of carboxylic acid groups (broad SMARTS) is 1. The van der Waals surface area contributed by atoms with Crippen molar-refractivity contribution in [1.82, 2.24) is 5.32 Å². The number of aliphatic carboxylic acids is 1. The highest BCUT2D eigenvalue weighted by Gasteiger charge is 2.12. The maximum Gasteiger partial charge on any atom is 0.331 e. The Labute approximate surface area is 197 Å². The molecule has 13 heteroatoms. The summed E-state index contributed by atoms with van der Waals surface area (Å²) >= 11 is -3.65. The average Bonchev–Trinajstić information content (AvgIpc) is 2.75. The van der Waals surface area contributed by atoms with Crippen LogP contribution in [0.4, 0.5) is 0 Å². The molecule has 11 nitrogen and oxygen atoms in total. The zero-order chi connectivity index (χ0) is 24.8. The van der Waals surface area contributed by atoms with Gasteiger partial charge in [0.05, 0.1) is 22.2 Å². The molecule has 0 aliphatic carbocycles. The van der Waals surface area contributed by atoms with Crippen LogP contribution in [0.1, 0.15) is 5.56 Å². The van der Waals surface area contributed by atoms with Gasteiger partial charge in [-0.2, -0.15) is 0 Å². The molecule has 0 aromatic heterocycles. The van der Waals surface area contributed by atoms with Gasteiger partial charge in [-0.15, -0.1) is 0 Å². The van der Waals surface area contributed by atoms with Gasteiger partial charge >= 0.3 is 5.97 Å². The smallest absolute Gasteiger partial charge is 0.331 e. The molecule has 0 bridgehead atoms. The second-order valence-corrected chi connectivity index (χ2v) is 8.55. The number of benzene rings is 2. The number of carboxylic acids is 1. The molecule has 2 aromatic rings. The number of guanidine groups is 1. The van der Waals surface area contributed by atoms with Crippen molar-refractivity contribution < 1.29 is 26.7 Å². The molecule has 0 amide bonds. The van der Waals surface area contributed by atoms with Crippen LogP contribution in [0.3, 0.4) is 0 Å². The molecule has 2 atom stereocenters. The minimum absolute atomic E-state index is 0.0874. The van der Waals surface area contributed by atoms with E-state index in [0.717, 1.165) is 5.56 Å². The fourth-order valence-electron chi connectivity index (χ4n) is 2.10. The molecular formula is C20H27N5O6S2. The molecule has 0 saturated heterocycles. The summed E-state index contributed by atoms with van der Waals surface area (Å²) in [6.45, 7) is 5.62. The van der Waals surface area contributed by atoms with Gasteiger partial charge in [0.1, 0.15) is 5.75 Å². The molecule has 0 radical (unpaired) electrons. The van der Waals surface area contributed by atoms with Crippen LogP contribution in [-0.4, -0.2) is 45.1 Å². The van der Waals surface area contributed by atoms with Crippen LogP contribution < -0.4 is 26.7 Å². The lowest BCUT2D eigenvalue weighted by molar-refractivity contribution is -0.139. The molecule has 180 valence electrons. The van der Waals surface area contributed by atoms with Crippen molar-refractivity contribution >= 4 is 34.1 Å². The largest absolute Gasteiger partial charge is 0.479 e. The predicted octanol–water partition coefficient (Wildman–Crippen LogP) is 0.500. The molecule has 0 spiro atoms. The van der Waals surface area contributed by atoms with E-state index in [9.17, 15) is 13.2 Å². The lowest BCUT2D eigenvalue weighted by Gasteiger charge is -2.08. The quantitative estimate of drug-likeness (QED) is 0.166. The van der Waals surface area contributed by atoms with Crippen molar-refractivity contribution in [2.45, 2.75) is 16.7 Å². The Hall–Kier alpha value is -3.42. The normalized spacial score (nSPS) is 11.8. The van der Waals surface area contributed by atoms with E-state index in [1.165, 1.54) is 6.07 Å². The van der Waals surface area contributed by atoms with Gasteiger partial charge in [-0.3, -0.25) is 9.18 Å². The summed E-state index contributed by atoms with van der Waals surface area (Å²) in [5, 5.41) is 11.3. The summed E-state index contributed by atoms with van der Waals surface area (Å²) < 4.78 is 34.1. The van der Waals surface area contributed by atoms with E-state index in [2.05, 4.69) is 16.9 Å². The number of nitrogens with one attached hydrogen (secondary N) is 1. The molecule has 0 heterocycles. The summed E-state index contributed by atoms with van der Waals surface area (Å²) in [5.74, 6) is -0.447. The van der Waals surface area contributed by atoms with Crippen LogP contribution in [0.25, 0.3) is 0 Å². The summed E-state index contributed by atoms with van der Waals surface area (Å²) in [4.78, 5) is 14.9. The lowest BCUT2D eigenvalue weighted by atomic mass is 10.2. The summed E-state index contributed by atoms with van der Waals surface area (Å²) in [6, 6.07) is 13.2. The Balaban J connectivity index is 0.000000461. The summed E-state index contributed by atoms with van der Waals surface area (Å²) in [6.07, 6.45) is 0. The van der Waals surface area contributed by atoms with E-state index in [0.29, 0.717) is 23.8 Å². The second kappa shape index (κ2) is 14.6. The van der Waals surface area contributed by atoms with Gasteiger partial charge in [-0.25, -0.2) is 13.2 Å². The van der Waals surface area contributed by atoms with Gasteiger partial charge in [0.15, 0.2) is 23.6 Å². The number of aryl methyl sites for hydroxylation is 1. The number of carbonyl (C=O) groups is 1. The Morgan fingerprint density at radius 1 is 1.09 bits per heavy atom. The van der Waals surface area contributed by atoms with Gasteiger partial charge < -0.3 is 31.8 Å². The van der Waals surface area contributed by atoms with Crippen molar-refractivity contribution in [3.05, 3.63) is 66.5 Å². The average molecular weight is 498 g/mol. The van der Waals surface area contributed by atoms with Gasteiger partial charge in [0.2, 0.25) is 11.1 Å². The van der Waals surface area contributed by atoms with Crippen molar-refractivity contribution in [3.63, 3.8) is 0 Å². The van der Waals surface area contributed by atoms with E-state index < -0.39 is 34.7 Å². The highest BCUT2D eigenvalue weighted by Crippen LogP contribution is 2.22. The van der Waals surface area contributed by atoms with Crippen molar-refractivity contribution in [2.24, 2.45) is 22.2 Å². The summed E-state index contributed by atoms with van der Waals surface area (Å²) in [7, 11) is 0. The van der Waals surface area contributed by atoms with Crippen LogP contribution in [0.2, 0.25) is 0 Å². The number of aliphatic imine (C=N–C) groups is 1. The van der Waals surface area contributed by atoms with Gasteiger partial charge in [0.25, 0.3) is 0 Å². The molecular weight excluding hydrogens is 470 g/mol. The third kappa shape index (κ3) is 12.3. The van der Waals surface area contributed by atoms with E-state index in [1.807, 2.05) is 0 Å². The van der Waals surface area contributed by atoms with Gasteiger partial charge in [0, 0.05) is 12.6 Å². The zero-order valence-corrected chi connectivity index (χ0v) is 19.6. The van der Waals surface area contributed by atoms with Crippen LogP contribution in [0, 0.1) is 6.92 Å². The van der Waals surface area contributed by atoms with Crippen LogP contribution in [-0.2, 0) is 31.1 Å². The maximum absolute atomic E-state index is 12.1. The van der Waals surface area contributed by atoms with Crippen molar-refractivity contribution in [1.29, 1.82) is 0 Å². The molecule has 8 N–H and O–H groups in total. The Kier molecular flexibility index (Phi) is 12.2. The van der Waals surface area contributed by atoms with Crippen LogP contribution >= 0.6 is 0 Å². The first-order valence-corrected chi connectivity index (χ1v) is 11.5. The standard InChI is InChI=1S/C15H14O6S2.C5H13N5/c1-11-7-12(21-23(19)13-5-3-2-4-6-13)9-14(8-11)22(18)20-10-15(16)17;1-4(6)9-2-3-10-5(7)8/h2-9H,10H2,1H3,(H,16,17);9H,1-3,6H2,(H4,7,8,10). The molecule has 0 aliphatic rings. The molecule has 2 aromatic carbocycles. The zero-order valence-electron chi connectivity index (χ0n) is 17.9. The Morgan fingerprint density at radius 2 is 1.76 bits per heavy atom. The molecule has 2 unspecified atom stereocenters. The minimum atomic E-state index is -1.94. The Bertz CT molecular complexity index is 1010. The highest BCUT2D eigenvalue weighted by atomic mass is 32.2. The number of rotatable bonds is 11. The van der Waals surface area contributed by atoms with Crippen molar-refractivity contribution in [3.8, 4) is 5.75 Å².